The zero-order valence-corrected chi connectivity index (χ0v) is 10.6. The van der Waals surface area contributed by atoms with E-state index in [2.05, 4.69) is 4.72 Å². The first-order chi connectivity index (χ1) is 6.89. The van der Waals surface area contributed by atoms with Crippen LogP contribution >= 0.6 is 11.6 Å². The van der Waals surface area contributed by atoms with E-state index in [4.69, 9.17) is 11.6 Å². The number of carbonyl (C=O) groups excluding carboxylic acids is 1. The van der Waals surface area contributed by atoms with Gasteiger partial charge in [0.15, 0.2) is 0 Å². The number of hydrogen-bond donors (Lipinski definition) is 1. The van der Waals surface area contributed by atoms with Gasteiger partial charge in [-0.2, -0.15) is 0 Å². The maximum absolute atomic E-state index is 11.2. The summed E-state index contributed by atoms with van der Waals surface area (Å²) < 4.78 is 24.8. The molecule has 1 N–H and O–H groups in total. The fourth-order valence-electron chi connectivity index (χ4n) is 0.854. The monoisotopic (exact) mass is 256 g/mol. The van der Waals surface area contributed by atoms with Crippen LogP contribution in [-0.2, 0) is 14.8 Å². The molecule has 0 rings (SSSR count). The summed E-state index contributed by atoms with van der Waals surface area (Å²) in [7, 11) is -0.0117. The molecule has 0 saturated heterocycles. The molecule has 0 fully saturated rings. The van der Waals surface area contributed by atoms with Gasteiger partial charge in [0, 0.05) is 32.9 Å². The maximum Gasteiger partial charge on any atom is 0.223 e. The fraction of sp³-hybridized carbons (Fsp3) is 0.875. The molecule has 0 radical (unpaired) electrons. The quantitative estimate of drug-likeness (QED) is 0.653. The molecule has 15 heavy (non-hydrogen) atoms. The van der Waals surface area contributed by atoms with Crippen molar-refractivity contribution < 1.29 is 13.2 Å². The number of nitrogens with one attached hydrogen (secondary N) is 1. The van der Waals surface area contributed by atoms with Gasteiger partial charge in [-0.1, -0.05) is 0 Å². The minimum atomic E-state index is -3.27. The van der Waals surface area contributed by atoms with Crippen molar-refractivity contribution in [2.75, 3.05) is 32.3 Å². The lowest BCUT2D eigenvalue weighted by Crippen LogP contribution is -2.31. The van der Waals surface area contributed by atoms with Crippen molar-refractivity contribution in [3.05, 3.63) is 0 Å². The first-order valence-corrected chi connectivity index (χ1v) is 6.81. The Bertz CT molecular complexity index is 290. The van der Waals surface area contributed by atoms with Crippen molar-refractivity contribution in [2.45, 2.75) is 12.8 Å². The third-order valence-corrected chi connectivity index (χ3v) is 3.44. The van der Waals surface area contributed by atoms with Crippen LogP contribution in [0.5, 0.6) is 0 Å². The van der Waals surface area contributed by atoms with Gasteiger partial charge in [0.25, 0.3) is 0 Å². The standard InChI is InChI=1S/C8H17ClN2O3S/c1-11(2)8(12)4-6-10-15(13,14)7-3-5-9/h10H,3-7H2,1-2H3. The van der Waals surface area contributed by atoms with Gasteiger partial charge in [-0.15, -0.1) is 11.6 Å². The lowest BCUT2D eigenvalue weighted by atomic mass is 10.4. The average Bonchev–Trinajstić information content (AvgIpc) is 2.14. The van der Waals surface area contributed by atoms with Crippen LogP contribution in [0.1, 0.15) is 12.8 Å². The molecular weight excluding hydrogens is 240 g/mol. The van der Waals surface area contributed by atoms with Gasteiger partial charge in [0.05, 0.1) is 5.75 Å². The van der Waals surface area contributed by atoms with Crippen molar-refractivity contribution in [3.8, 4) is 0 Å². The van der Waals surface area contributed by atoms with Crippen LogP contribution in [0.3, 0.4) is 0 Å². The maximum atomic E-state index is 11.2. The Labute approximate surface area is 95.8 Å². The van der Waals surface area contributed by atoms with Crippen molar-refractivity contribution >= 4 is 27.5 Å². The van der Waals surface area contributed by atoms with Crippen LogP contribution in [0.25, 0.3) is 0 Å². The van der Waals surface area contributed by atoms with Crippen LogP contribution < -0.4 is 4.72 Å². The molecule has 7 heteroatoms. The van der Waals surface area contributed by atoms with Crippen molar-refractivity contribution in [1.82, 2.24) is 9.62 Å². The molecule has 5 nitrogen and oxygen atoms in total. The van der Waals surface area contributed by atoms with E-state index < -0.39 is 10.0 Å². The number of rotatable bonds is 7. The first-order valence-electron chi connectivity index (χ1n) is 4.62. The molecule has 0 aromatic carbocycles. The Balaban J connectivity index is 3.80. The summed E-state index contributed by atoms with van der Waals surface area (Å²) in [4.78, 5) is 12.5. The van der Waals surface area contributed by atoms with Crippen LogP contribution in [0.2, 0.25) is 0 Å². The predicted octanol–water partition coefficient (Wildman–Crippen LogP) is 0.0130. The van der Waals surface area contributed by atoms with Crippen LogP contribution in [0, 0.1) is 0 Å². The summed E-state index contributed by atoms with van der Waals surface area (Å²) in [6.45, 7) is 0.141. The number of hydrogen-bond acceptors (Lipinski definition) is 3. The number of amides is 1. The second kappa shape index (κ2) is 7.03. The molecule has 1 amide bonds. The Morgan fingerprint density at radius 1 is 1.40 bits per heavy atom. The number of alkyl halides is 1. The van der Waals surface area contributed by atoms with Gasteiger partial charge in [-0.3, -0.25) is 4.79 Å². The Hall–Kier alpha value is -0.330. The number of nitrogens with zero attached hydrogens (tertiary/aromatic N) is 1. The lowest BCUT2D eigenvalue weighted by molar-refractivity contribution is -0.128. The van der Waals surface area contributed by atoms with Crippen LogP contribution in [0.15, 0.2) is 0 Å². The highest BCUT2D eigenvalue weighted by Crippen LogP contribution is 1.93. The fourth-order valence-corrected chi connectivity index (χ4v) is 2.23. The Kier molecular flexibility index (Phi) is 6.87. The summed E-state index contributed by atoms with van der Waals surface area (Å²) >= 11 is 5.38. The number of halogens is 1. The van der Waals surface area contributed by atoms with Gasteiger partial charge in [-0.05, 0) is 6.42 Å². The van der Waals surface area contributed by atoms with Crippen LogP contribution in [-0.4, -0.2) is 51.5 Å². The zero-order chi connectivity index (χ0) is 11.9. The molecule has 0 atom stereocenters. The lowest BCUT2D eigenvalue weighted by Gasteiger charge is -2.10. The van der Waals surface area contributed by atoms with Crippen molar-refractivity contribution in [1.29, 1.82) is 0 Å². The SMILES string of the molecule is CN(C)C(=O)CCNS(=O)(=O)CCCCl. The van der Waals surface area contributed by atoms with Crippen molar-refractivity contribution in [3.63, 3.8) is 0 Å². The second-order valence-corrected chi connectivity index (χ2v) is 5.60. The molecule has 0 bridgehead atoms. The van der Waals surface area contributed by atoms with Gasteiger partial charge in [0.2, 0.25) is 15.9 Å². The predicted molar refractivity (Wildman–Crippen MR) is 60.4 cm³/mol. The van der Waals surface area contributed by atoms with Crippen molar-refractivity contribution in [2.24, 2.45) is 0 Å². The molecule has 0 saturated carbocycles. The van der Waals surface area contributed by atoms with Gasteiger partial charge in [0.1, 0.15) is 0 Å². The molecule has 0 aromatic heterocycles. The Morgan fingerprint density at radius 2 is 2.00 bits per heavy atom. The van der Waals surface area contributed by atoms with Crippen LogP contribution in [0.4, 0.5) is 0 Å². The second-order valence-electron chi connectivity index (χ2n) is 3.29. The molecule has 0 heterocycles. The molecule has 0 aliphatic heterocycles. The highest BCUT2D eigenvalue weighted by atomic mass is 35.5. The summed E-state index contributed by atoms with van der Waals surface area (Å²) in [6.07, 6.45) is 0.589. The van der Waals surface area contributed by atoms with E-state index in [1.165, 1.54) is 4.90 Å². The minimum Gasteiger partial charge on any atom is -0.349 e. The van der Waals surface area contributed by atoms with Gasteiger partial charge >= 0.3 is 0 Å². The smallest absolute Gasteiger partial charge is 0.223 e. The zero-order valence-electron chi connectivity index (χ0n) is 8.99. The molecular formula is C8H17ClN2O3S. The van der Waals surface area contributed by atoms with E-state index in [0.29, 0.717) is 12.3 Å². The topological polar surface area (TPSA) is 66.5 Å². The van der Waals surface area contributed by atoms with E-state index in [1.54, 1.807) is 14.1 Å². The van der Waals surface area contributed by atoms with E-state index in [9.17, 15) is 13.2 Å². The molecule has 0 aliphatic carbocycles. The van der Waals surface area contributed by atoms with Gasteiger partial charge < -0.3 is 4.90 Å². The third-order valence-electron chi connectivity index (χ3n) is 1.71. The molecule has 0 spiro atoms. The average molecular weight is 257 g/mol. The molecule has 0 aromatic rings. The van der Waals surface area contributed by atoms with E-state index >= 15 is 0 Å². The summed E-state index contributed by atoms with van der Waals surface area (Å²) in [5, 5.41) is 0. The summed E-state index contributed by atoms with van der Waals surface area (Å²) in [6, 6.07) is 0. The van der Waals surface area contributed by atoms with E-state index in [-0.39, 0.29) is 24.6 Å². The first kappa shape index (κ1) is 14.7. The molecule has 90 valence electrons. The molecule has 0 unspecified atom stereocenters. The van der Waals surface area contributed by atoms with Gasteiger partial charge in [-0.25, -0.2) is 13.1 Å². The largest absolute Gasteiger partial charge is 0.349 e. The summed E-state index contributed by atoms with van der Waals surface area (Å²) in [5.41, 5.74) is 0. The number of carbonyl (C=O) groups is 1. The normalized spacial score (nSPS) is 11.4. The third kappa shape index (κ3) is 7.58. The summed E-state index contributed by atoms with van der Waals surface area (Å²) in [5.74, 6) is 0.222. The minimum absolute atomic E-state index is 0.00660. The number of sulfonamides is 1. The van der Waals surface area contributed by atoms with E-state index in [1.807, 2.05) is 0 Å². The highest BCUT2D eigenvalue weighted by molar-refractivity contribution is 7.89. The van der Waals surface area contributed by atoms with E-state index in [0.717, 1.165) is 0 Å². The highest BCUT2D eigenvalue weighted by Gasteiger charge is 2.10. The molecule has 0 aliphatic rings. The Morgan fingerprint density at radius 3 is 2.47 bits per heavy atom.